The smallest absolute Gasteiger partial charge is 0.305 e. The van der Waals surface area contributed by atoms with Crippen molar-refractivity contribution >= 4 is 35.0 Å². The van der Waals surface area contributed by atoms with Crippen molar-refractivity contribution in [3.8, 4) is 11.1 Å². The van der Waals surface area contributed by atoms with E-state index in [0.29, 0.717) is 5.17 Å². The van der Waals surface area contributed by atoms with Gasteiger partial charge in [-0.1, -0.05) is 75.0 Å². The zero-order valence-corrected chi connectivity index (χ0v) is 17.4. The molecule has 1 amide bonds. The summed E-state index contributed by atoms with van der Waals surface area (Å²) in [5, 5.41) is 19.0. The first-order chi connectivity index (χ1) is 13.7. The number of amidine groups is 1. The Labute approximate surface area is 174 Å². The first-order valence-corrected chi connectivity index (χ1v) is 10.1. The fourth-order valence-electron chi connectivity index (χ4n) is 2.85. The lowest BCUT2D eigenvalue weighted by Crippen LogP contribution is -2.26. The highest BCUT2D eigenvalue weighted by atomic mass is 32.2. The summed E-state index contributed by atoms with van der Waals surface area (Å²) in [6, 6.07) is 16.5. The molecule has 150 valence electrons. The van der Waals surface area contributed by atoms with Crippen molar-refractivity contribution in [2.24, 2.45) is 10.2 Å². The Balaban J connectivity index is 1.70. The third kappa shape index (κ3) is 5.54. The van der Waals surface area contributed by atoms with Crippen LogP contribution in [0.15, 0.2) is 58.7 Å². The summed E-state index contributed by atoms with van der Waals surface area (Å²) < 4.78 is 0. The monoisotopic (exact) mass is 409 g/mol. The third-order valence-electron chi connectivity index (χ3n) is 4.46. The van der Waals surface area contributed by atoms with Gasteiger partial charge in [0.2, 0.25) is 5.91 Å². The average Bonchev–Trinajstić information content (AvgIpc) is 3.00. The topological polar surface area (TPSA) is 91.1 Å². The van der Waals surface area contributed by atoms with Crippen LogP contribution < -0.4 is 5.32 Å². The zero-order chi connectivity index (χ0) is 21.0. The maximum absolute atomic E-state index is 11.7. The molecular weight excluding hydrogens is 386 g/mol. The van der Waals surface area contributed by atoms with Gasteiger partial charge in [-0.25, -0.2) is 0 Å². The van der Waals surface area contributed by atoms with Crippen LogP contribution in [0.4, 0.5) is 0 Å². The van der Waals surface area contributed by atoms with Crippen molar-refractivity contribution in [2.45, 2.75) is 37.9 Å². The molecule has 1 heterocycles. The van der Waals surface area contributed by atoms with Crippen LogP contribution >= 0.6 is 11.8 Å². The highest BCUT2D eigenvalue weighted by molar-refractivity contribution is 8.15. The number of amides is 1. The number of benzene rings is 2. The Morgan fingerprint density at radius 2 is 1.90 bits per heavy atom. The number of carboxylic acids is 1. The predicted molar refractivity (Wildman–Crippen MR) is 117 cm³/mol. The number of nitrogens with one attached hydrogen (secondary N) is 1. The van der Waals surface area contributed by atoms with Gasteiger partial charge in [0.1, 0.15) is 5.25 Å². The normalized spacial score (nSPS) is 18.4. The van der Waals surface area contributed by atoms with Gasteiger partial charge in [-0.15, -0.1) is 5.10 Å². The first-order valence-electron chi connectivity index (χ1n) is 9.24. The Bertz CT molecular complexity index is 976. The van der Waals surface area contributed by atoms with Crippen LogP contribution in [0.1, 0.15) is 38.3 Å². The molecule has 0 aliphatic carbocycles. The molecule has 3 rings (SSSR count). The maximum Gasteiger partial charge on any atom is 0.305 e. The standard InChI is InChI=1S/C22H23N3O3S/c1-22(2,3)17-9-7-15(8-10-17)16-6-4-5-14(11-16)13-23-25-21-24-20(28)18(29-21)12-19(26)27/h4-11,13,18H,12H2,1-3H3,(H,26,27)(H,24,25,28). The molecule has 1 aliphatic rings. The Morgan fingerprint density at radius 1 is 1.17 bits per heavy atom. The zero-order valence-electron chi connectivity index (χ0n) is 16.5. The Morgan fingerprint density at radius 3 is 2.55 bits per heavy atom. The highest BCUT2D eigenvalue weighted by Gasteiger charge is 2.32. The van der Waals surface area contributed by atoms with E-state index in [2.05, 4.69) is 60.6 Å². The number of nitrogens with zero attached hydrogens (tertiary/aromatic N) is 2. The second-order valence-corrected chi connectivity index (χ2v) is 8.99. The van der Waals surface area contributed by atoms with Gasteiger partial charge < -0.3 is 10.4 Å². The van der Waals surface area contributed by atoms with Crippen molar-refractivity contribution in [1.29, 1.82) is 0 Å². The van der Waals surface area contributed by atoms with Crippen molar-refractivity contribution in [3.63, 3.8) is 0 Å². The molecule has 0 bridgehead atoms. The molecule has 2 aromatic rings. The summed E-state index contributed by atoms with van der Waals surface area (Å²) in [5.41, 5.74) is 4.47. The van der Waals surface area contributed by atoms with Gasteiger partial charge in [-0.2, -0.15) is 5.10 Å². The van der Waals surface area contributed by atoms with Crippen molar-refractivity contribution < 1.29 is 14.7 Å². The molecule has 2 aromatic carbocycles. The van der Waals surface area contributed by atoms with E-state index < -0.39 is 11.2 Å². The Hall–Kier alpha value is -2.93. The quantitative estimate of drug-likeness (QED) is 0.576. The lowest BCUT2D eigenvalue weighted by Gasteiger charge is -2.19. The maximum atomic E-state index is 11.7. The SMILES string of the molecule is CC(C)(C)c1ccc(-c2cccc(C=NN=C3NC(=O)C(CC(=O)O)S3)c2)cc1. The molecule has 6 nitrogen and oxygen atoms in total. The third-order valence-corrected chi connectivity index (χ3v) is 5.53. The summed E-state index contributed by atoms with van der Waals surface area (Å²) in [6.07, 6.45) is 1.37. The average molecular weight is 410 g/mol. The molecule has 29 heavy (non-hydrogen) atoms. The molecular formula is C22H23N3O3S. The fourth-order valence-corrected chi connectivity index (χ4v) is 3.77. The first kappa shape index (κ1) is 20.8. The Kier molecular flexibility index (Phi) is 6.17. The number of carbonyl (C=O) groups is 2. The molecule has 1 unspecified atom stereocenters. The molecule has 2 N–H and O–H groups in total. The molecule has 1 atom stereocenters. The summed E-state index contributed by atoms with van der Waals surface area (Å²) >= 11 is 1.08. The van der Waals surface area contributed by atoms with E-state index in [4.69, 9.17) is 5.11 Å². The van der Waals surface area contributed by atoms with Gasteiger partial charge in [-0.05, 0) is 33.7 Å². The van der Waals surface area contributed by atoms with E-state index in [9.17, 15) is 9.59 Å². The van der Waals surface area contributed by atoms with Crippen molar-refractivity contribution in [1.82, 2.24) is 5.32 Å². The summed E-state index contributed by atoms with van der Waals surface area (Å²) in [7, 11) is 0. The lowest BCUT2D eigenvalue weighted by molar-refractivity contribution is -0.138. The van der Waals surface area contributed by atoms with Crippen LogP contribution in [-0.4, -0.2) is 33.6 Å². The minimum atomic E-state index is -1.02. The summed E-state index contributed by atoms with van der Waals surface area (Å²) in [4.78, 5) is 22.5. The second-order valence-electron chi connectivity index (χ2n) is 7.80. The minimum absolute atomic E-state index is 0.114. The van der Waals surface area contributed by atoms with Gasteiger partial charge in [0.25, 0.3) is 0 Å². The molecule has 1 saturated heterocycles. The van der Waals surface area contributed by atoms with Crippen LogP contribution in [0.25, 0.3) is 11.1 Å². The van der Waals surface area contributed by atoms with Gasteiger partial charge in [0, 0.05) is 0 Å². The van der Waals surface area contributed by atoms with E-state index in [1.54, 1.807) is 6.21 Å². The largest absolute Gasteiger partial charge is 0.481 e. The van der Waals surface area contributed by atoms with E-state index in [1.807, 2.05) is 24.3 Å². The number of rotatable bonds is 5. The van der Waals surface area contributed by atoms with Crippen LogP contribution in [0.3, 0.4) is 0 Å². The minimum Gasteiger partial charge on any atom is -0.481 e. The molecule has 1 aliphatic heterocycles. The van der Waals surface area contributed by atoms with E-state index in [1.165, 1.54) is 5.56 Å². The number of aliphatic carboxylic acids is 1. The van der Waals surface area contributed by atoms with Crippen LogP contribution in [-0.2, 0) is 15.0 Å². The lowest BCUT2D eigenvalue weighted by atomic mass is 9.86. The summed E-state index contributed by atoms with van der Waals surface area (Å²) in [5.74, 6) is -1.37. The van der Waals surface area contributed by atoms with E-state index in [0.717, 1.165) is 28.5 Å². The number of hydrogen-bond acceptors (Lipinski definition) is 5. The van der Waals surface area contributed by atoms with Gasteiger partial charge in [-0.3, -0.25) is 9.59 Å². The van der Waals surface area contributed by atoms with Crippen molar-refractivity contribution in [2.75, 3.05) is 0 Å². The number of hydrogen-bond donors (Lipinski definition) is 2. The van der Waals surface area contributed by atoms with E-state index >= 15 is 0 Å². The molecule has 0 spiro atoms. The summed E-state index contributed by atoms with van der Waals surface area (Å²) in [6.45, 7) is 6.57. The second kappa shape index (κ2) is 8.61. The van der Waals surface area contributed by atoms with E-state index in [-0.39, 0.29) is 17.7 Å². The molecule has 0 radical (unpaired) electrons. The van der Waals surface area contributed by atoms with Crippen LogP contribution in [0.2, 0.25) is 0 Å². The van der Waals surface area contributed by atoms with Gasteiger partial charge in [0.05, 0.1) is 12.6 Å². The molecule has 7 heteroatoms. The van der Waals surface area contributed by atoms with Gasteiger partial charge >= 0.3 is 5.97 Å². The number of thioether (sulfide) groups is 1. The number of carbonyl (C=O) groups excluding carboxylic acids is 1. The fraction of sp³-hybridized carbons (Fsp3) is 0.273. The molecule has 1 fully saturated rings. The van der Waals surface area contributed by atoms with Crippen molar-refractivity contribution in [3.05, 3.63) is 59.7 Å². The molecule has 0 saturated carbocycles. The molecule has 0 aromatic heterocycles. The number of carboxylic acid groups (broad SMARTS) is 1. The van der Waals surface area contributed by atoms with Crippen LogP contribution in [0.5, 0.6) is 0 Å². The predicted octanol–water partition coefficient (Wildman–Crippen LogP) is 4.05. The van der Waals surface area contributed by atoms with Gasteiger partial charge in [0.15, 0.2) is 5.17 Å². The van der Waals surface area contributed by atoms with Crippen LogP contribution in [0, 0.1) is 0 Å². The highest BCUT2D eigenvalue weighted by Crippen LogP contribution is 2.26.